The van der Waals surface area contributed by atoms with Crippen LogP contribution in [-0.4, -0.2) is 33.1 Å². The van der Waals surface area contributed by atoms with Gasteiger partial charge in [0.1, 0.15) is 5.69 Å². The van der Waals surface area contributed by atoms with E-state index in [1.807, 2.05) is 0 Å². The van der Waals surface area contributed by atoms with E-state index in [9.17, 15) is 18.5 Å². The van der Waals surface area contributed by atoms with Crippen molar-refractivity contribution in [3.63, 3.8) is 0 Å². The van der Waals surface area contributed by atoms with Crippen LogP contribution in [0.2, 0.25) is 0 Å². The van der Waals surface area contributed by atoms with Crippen molar-refractivity contribution in [3.05, 3.63) is 28.3 Å². The molecule has 0 bridgehead atoms. The van der Waals surface area contributed by atoms with Gasteiger partial charge in [0.05, 0.1) is 9.82 Å². The third-order valence-electron chi connectivity index (χ3n) is 3.65. The van der Waals surface area contributed by atoms with Gasteiger partial charge in [-0.3, -0.25) is 10.1 Å². The molecule has 0 spiro atoms. The third-order valence-corrected chi connectivity index (χ3v) is 4.56. The van der Waals surface area contributed by atoms with E-state index in [1.165, 1.54) is 12.1 Å². The van der Waals surface area contributed by atoms with E-state index in [2.05, 4.69) is 5.32 Å². The van der Waals surface area contributed by atoms with Crippen molar-refractivity contribution < 1.29 is 18.1 Å². The summed E-state index contributed by atoms with van der Waals surface area (Å²) in [7, 11) is -3.96. The highest BCUT2D eigenvalue weighted by Gasteiger charge is 2.20. The highest BCUT2D eigenvalue weighted by Crippen LogP contribution is 2.28. The van der Waals surface area contributed by atoms with Crippen molar-refractivity contribution in [2.24, 2.45) is 11.1 Å². The molecule has 3 N–H and O–H groups in total. The average Bonchev–Trinajstić information content (AvgIpc) is 2.72. The number of rotatable bonds is 5. The Morgan fingerprint density at radius 3 is 2.82 bits per heavy atom. The van der Waals surface area contributed by atoms with Crippen molar-refractivity contribution in [2.45, 2.75) is 24.2 Å². The zero-order chi connectivity index (χ0) is 16.2. The molecule has 1 heterocycles. The molecule has 0 radical (unpaired) electrons. The molecule has 0 aliphatic carbocycles. The van der Waals surface area contributed by atoms with Crippen LogP contribution in [0.5, 0.6) is 0 Å². The summed E-state index contributed by atoms with van der Waals surface area (Å²) in [5.74, 6) is 0.375. The summed E-state index contributed by atoms with van der Waals surface area (Å²) in [4.78, 5) is 10.2. The van der Waals surface area contributed by atoms with Crippen LogP contribution in [0, 0.1) is 16.0 Å². The minimum Gasteiger partial charge on any atom is -0.381 e. The van der Waals surface area contributed by atoms with E-state index in [0.29, 0.717) is 24.8 Å². The molecule has 1 aliphatic rings. The zero-order valence-electron chi connectivity index (χ0n) is 12.0. The smallest absolute Gasteiger partial charge is 0.293 e. The second-order valence-electron chi connectivity index (χ2n) is 5.27. The lowest BCUT2D eigenvalue weighted by Gasteiger charge is -2.15. The van der Waals surface area contributed by atoms with Gasteiger partial charge in [-0.2, -0.15) is 0 Å². The van der Waals surface area contributed by atoms with Crippen LogP contribution >= 0.6 is 0 Å². The number of sulfonamides is 1. The fourth-order valence-corrected chi connectivity index (χ4v) is 2.95. The van der Waals surface area contributed by atoms with E-state index < -0.39 is 14.9 Å². The topological polar surface area (TPSA) is 125 Å². The van der Waals surface area contributed by atoms with Crippen molar-refractivity contribution in [3.8, 4) is 0 Å². The van der Waals surface area contributed by atoms with Gasteiger partial charge in [-0.05, 0) is 37.3 Å². The summed E-state index contributed by atoms with van der Waals surface area (Å²) in [5, 5.41) is 19.2. The number of primary sulfonamides is 1. The number of anilines is 1. The maximum Gasteiger partial charge on any atom is 0.293 e. The quantitative estimate of drug-likeness (QED) is 0.622. The molecular weight excluding hydrogens is 310 g/mol. The van der Waals surface area contributed by atoms with Crippen molar-refractivity contribution in [1.82, 2.24) is 0 Å². The molecule has 2 rings (SSSR count). The Morgan fingerprint density at radius 1 is 1.36 bits per heavy atom. The van der Waals surface area contributed by atoms with Crippen LogP contribution in [0.4, 0.5) is 11.4 Å². The zero-order valence-corrected chi connectivity index (χ0v) is 12.8. The molecule has 1 atom stereocenters. The van der Waals surface area contributed by atoms with Gasteiger partial charge in [-0.25, -0.2) is 13.6 Å². The van der Waals surface area contributed by atoms with E-state index in [1.54, 1.807) is 0 Å². The Labute approximate surface area is 128 Å². The third kappa shape index (κ3) is 4.39. The number of nitro groups is 1. The molecule has 9 heteroatoms. The van der Waals surface area contributed by atoms with Crippen LogP contribution in [0.1, 0.15) is 19.3 Å². The predicted molar refractivity (Wildman–Crippen MR) is 81.1 cm³/mol. The first-order chi connectivity index (χ1) is 10.4. The largest absolute Gasteiger partial charge is 0.381 e. The predicted octanol–water partition coefficient (Wildman–Crippen LogP) is 1.47. The number of benzene rings is 1. The van der Waals surface area contributed by atoms with Crippen LogP contribution in [0.25, 0.3) is 0 Å². The number of hydrogen-bond donors (Lipinski definition) is 2. The number of nitrogens with zero attached hydrogens (tertiary/aromatic N) is 1. The molecule has 0 saturated carbocycles. The first-order valence-electron chi connectivity index (χ1n) is 7.01. The molecule has 1 fully saturated rings. The molecule has 1 aliphatic heterocycles. The molecule has 0 amide bonds. The highest BCUT2D eigenvalue weighted by molar-refractivity contribution is 7.89. The Morgan fingerprint density at radius 2 is 2.14 bits per heavy atom. The SMILES string of the molecule is NS(=O)(=O)c1ccc(NCC2CCCOCC2)c([N+](=O)[O-])c1. The molecule has 22 heavy (non-hydrogen) atoms. The van der Waals surface area contributed by atoms with Gasteiger partial charge in [-0.15, -0.1) is 0 Å². The highest BCUT2D eigenvalue weighted by atomic mass is 32.2. The van der Waals surface area contributed by atoms with Gasteiger partial charge >= 0.3 is 0 Å². The molecule has 1 aromatic rings. The minimum absolute atomic E-state index is 0.271. The summed E-state index contributed by atoms with van der Waals surface area (Å²) in [5.41, 5.74) is -0.000961. The first kappa shape index (κ1) is 16.7. The fraction of sp³-hybridized carbons (Fsp3) is 0.538. The Hall–Kier alpha value is -1.71. The van der Waals surface area contributed by atoms with E-state index >= 15 is 0 Å². The molecule has 1 aromatic carbocycles. The summed E-state index contributed by atoms with van der Waals surface area (Å²) >= 11 is 0. The lowest BCUT2D eigenvalue weighted by molar-refractivity contribution is -0.384. The monoisotopic (exact) mass is 329 g/mol. The number of nitro benzene ring substituents is 1. The van der Waals surface area contributed by atoms with Crippen LogP contribution in [0.3, 0.4) is 0 Å². The molecule has 1 saturated heterocycles. The van der Waals surface area contributed by atoms with Gasteiger partial charge in [0.15, 0.2) is 0 Å². The van der Waals surface area contributed by atoms with E-state index in [0.717, 1.165) is 31.9 Å². The molecule has 0 aromatic heterocycles. The maximum absolute atomic E-state index is 11.3. The summed E-state index contributed by atoms with van der Waals surface area (Å²) < 4.78 is 27.9. The standard InChI is InChI=1S/C13H19N3O5S/c14-22(19,20)11-3-4-12(13(8-11)16(17)18)15-9-10-2-1-6-21-7-5-10/h3-4,8,10,15H,1-2,5-7,9H2,(H2,14,19,20). The van der Waals surface area contributed by atoms with Crippen molar-refractivity contribution >= 4 is 21.4 Å². The van der Waals surface area contributed by atoms with Gasteiger partial charge in [-0.1, -0.05) is 0 Å². The van der Waals surface area contributed by atoms with Crippen LogP contribution in [0.15, 0.2) is 23.1 Å². The van der Waals surface area contributed by atoms with Gasteiger partial charge in [0, 0.05) is 25.8 Å². The Kier molecular flexibility index (Phi) is 5.33. The second-order valence-corrected chi connectivity index (χ2v) is 6.83. The normalized spacial score (nSPS) is 19.4. The number of nitrogens with two attached hydrogens (primary N) is 1. The van der Waals surface area contributed by atoms with E-state index in [-0.39, 0.29) is 10.6 Å². The van der Waals surface area contributed by atoms with E-state index in [4.69, 9.17) is 9.88 Å². The lowest BCUT2D eigenvalue weighted by Crippen LogP contribution is -2.16. The van der Waals surface area contributed by atoms with Gasteiger partial charge in [0.2, 0.25) is 10.0 Å². The van der Waals surface area contributed by atoms with Gasteiger partial charge < -0.3 is 10.1 Å². The summed E-state index contributed by atoms with van der Waals surface area (Å²) in [6.07, 6.45) is 2.87. The molecule has 8 nitrogen and oxygen atoms in total. The first-order valence-corrected chi connectivity index (χ1v) is 8.55. The summed E-state index contributed by atoms with van der Waals surface area (Å²) in [6, 6.07) is 3.62. The van der Waals surface area contributed by atoms with Crippen molar-refractivity contribution in [1.29, 1.82) is 0 Å². The number of nitrogens with one attached hydrogen (secondary N) is 1. The van der Waals surface area contributed by atoms with Crippen LogP contribution < -0.4 is 10.5 Å². The Balaban J connectivity index is 2.14. The number of ether oxygens (including phenoxy) is 1. The Bertz CT molecular complexity index is 639. The lowest BCUT2D eigenvalue weighted by atomic mass is 10.0. The van der Waals surface area contributed by atoms with Crippen LogP contribution in [-0.2, 0) is 14.8 Å². The van der Waals surface area contributed by atoms with Gasteiger partial charge in [0.25, 0.3) is 5.69 Å². The average molecular weight is 329 g/mol. The molecule has 122 valence electrons. The molecular formula is C13H19N3O5S. The van der Waals surface area contributed by atoms with Crippen molar-refractivity contribution in [2.75, 3.05) is 25.1 Å². The molecule has 1 unspecified atom stereocenters. The fourth-order valence-electron chi connectivity index (χ4n) is 2.42. The minimum atomic E-state index is -3.96. The summed E-state index contributed by atoms with van der Waals surface area (Å²) in [6.45, 7) is 2.03. The second kappa shape index (κ2) is 7.03. The number of hydrogen-bond acceptors (Lipinski definition) is 6. The maximum atomic E-state index is 11.3.